The van der Waals surface area contributed by atoms with Crippen LogP contribution in [-0.4, -0.2) is 44.6 Å². The van der Waals surface area contributed by atoms with Gasteiger partial charge in [0.1, 0.15) is 0 Å². The van der Waals surface area contributed by atoms with Crippen molar-refractivity contribution in [1.82, 2.24) is 9.62 Å². The lowest BCUT2D eigenvalue weighted by Gasteiger charge is -2.26. The molecule has 2 fully saturated rings. The first-order chi connectivity index (χ1) is 9.07. The second-order valence-electron chi connectivity index (χ2n) is 5.66. The maximum atomic E-state index is 11.9. The molecular weight excluding hydrogens is 264 g/mol. The van der Waals surface area contributed by atoms with Gasteiger partial charge in [0.2, 0.25) is 15.9 Å². The molecule has 0 aromatic rings. The van der Waals surface area contributed by atoms with E-state index in [2.05, 4.69) is 4.72 Å². The van der Waals surface area contributed by atoms with E-state index in [1.165, 1.54) is 0 Å². The van der Waals surface area contributed by atoms with Crippen LogP contribution in [0, 0.1) is 5.92 Å². The average molecular weight is 288 g/mol. The SMILES string of the molecule is O=C1CCCCN1CCNS(=O)(=O)CC1CCCC1. The number of nitrogens with one attached hydrogen (secondary N) is 1. The van der Waals surface area contributed by atoms with E-state index in [-0.39, 0.29) is 11.7 Å². The summed E-state index contributed by atoms with van der Waals surface area (Å²) in [7, 11) is -3.17. The summed E-state index contributed by atoms with van der Waals surface area (Å²) in [5.74, 6) is 0.733. The van der Waals surface area contributed by atoms with Crippen LogP contribution < -0.4 is 4.72 Å². The van der Waals surface area contributed by atoms with E-state index in [0.717, 1.165) is 45.1 Å². The molecule has 1 heterocycles. The lowest BCUT2D eigenvalue weighted by atomic mass is 10.1. The van der Waals surface area contributed by atoms with Crippen molar-refractivity contribution in [2.45, 2.75) is 44.9 Å². The highest BCUT2D eigenvalue weighted by molar-refractivity contribution is 7.89. The third-order valence-electron chi connectivity index (χ3n) is 4.05. The van der Waals surface area contributed by atoms with Gasteiger partial charge in [0.25, 0.3) is 0 Å². The van der Waals surface area contributed by atoms with Crippen molar-refractivity contribution in [3.63, 3.8) is 0 Å². The molecule has 0 bridgehead atoms. The fourth-order valence-corrected chi connectivity index (χ4v) is 4.45. The van der Waals surface area contributed by atoms with Crippen molar-refractivity contribution in [1.29, 1.82) is 0 Å². The van der Waals surface area contributed by atoms with Gasteiger partial charge in [-0.1, -0.05) is 12.8 Å². The van der Waals surface area contributed by atoms with Gasteiger partial charge in [0, 0.05) is 26.1 Å². The van der Waals surface area contributed by atoms with Gasteiger partial charge in [-0.15, -0.1) is 0 Å². The predicted octanol–water partition coefficient (Wildman–Crippen LogP) is 1.11. The first-order valence-electron chi connectivity index (χ1n) is 7.32. The van der Waals surface area contributed by atoms with E-state index >= 15 is 0 Å². The Labute approximate surface area is 115 Å². The summed E-state index contributed by atoms with van der Waals surface area (Å²) in [6.07, 6.45) is 6.97. The molecule has 5 nitrogen and oxygen atoms in total. The van der Waals surface area contributed by atoms with Crippen LogP contribution >= 0.6 is 0 Å². The van der Waals surface area contributed by atoms with Gasteiger partial charge in [0.15, 0.2) is 0 Å². The van der Waals surface area contributed by atoms with E-state index in [0.29, 0.717) is 25.4 Å². The van der Waals surface area contributed by atoms with Gasteiger partial charge in [-0.3, -0.25) is 4.79 Å². The molecule has 1 saturated heterocycles. The van der Waals surface area contributed by atoms with Crippen molar-refractivity contribution in [3.05, 3.63) is 0 Å². The summed E-state index contributed by atoms with van der Waals surface area (Å²) >= 11 is 0. The van der Waals surface area contributed by atoms with Crippen LogP contribution in [0.2, 0.25) is 0 Å². The molecule has 2 aliphatic rings. The first kappa shape index (κ1) is 14.8. The second-order valence-corrected chi connectivity index (χ2v) is 7.52. The van der Waals surface area contributed by atoms with Gasteiger partial charge in [-0.2, -0.15) is 0 Å². The van der Waals surface area contributed by atoms with E-state index < -0.39 is 10.0 Å². The Hall–Kier alpha value is -0.620. The summed E-state index contributed by atoms with van der Waals surface area (Å²) in [5, 5.41) is 0. The number of likely N-dealkylation sites (tertiary alicyclic amines) is 1. The van der Waals surface area contributed by atoms with Crippen LogP contribution in [0.1, 0.15) is 44.9 Å². The van der Waals surface area contributed by atoms with Crippen molar-refractivity contribution in [2.75, 3.05) is 25.4 Å². The Morgan fingerprint density at radius 3 is 2.58 bits per heavy atom. The molecule has 19 heavy (non-hydrogen) atoms. The summed E-state index contributed by atoms with van der Waals surface area (Å²) in [6.45, 7) is 1.62. The van der Waals surface area contributed by atoms with Crippen LogP contribution in [0.5, 0.6) is 0 Å². The molecule has 1 amide bonds. The molecular formula is C13H24N2O3S. The normalized spacial score (nSPS) is 22.1. The van der Waals surface area contributed by atoms with Crippen LogP contribution in [0.4, 0.5) is 0 Å². The highest BCUT2D eigenvalue weighted by atomic mass is 32.2. The maximum absolute atomic E-state index is 11.9. The molecule has 0 radical (unpaired) electrons. The molecule has 1 aliphatic heterocycles. The Kier molecular flexibility index (Phi) is 5.21. The largest absolute Gasteiger partial charge is 0.341 e. The van der Waals surface area contributed by atoms with Gasteiger partial charge in [-0.25, -0.2) is 13.1 Å². The van der Waals surface area contributed by atoms with Crippen LogP contribution in [0.15, 0.2) is 0 Å². The predicted molar refractivity (Wildman–Crippen MR) is 74.2 cm³/mol. The Morgan fingerprint density at radius 1 is 1.16 bits per heavy atom. The van der Waals surface area contributed by atoms with E-state index in [9.17, 15) is 13.2 Å². The standard InChI is InChI=1S/C13H24N2O3S/c16-13-7-3-4-9-15(13)10-8-14-19(17,18)11-12-5-1-2-6-12/h12,14H,1-11H2. The van der Waals surface area contributed by atoms with Crippen LogP contribution in [-0.2, 0) is 14.8 Å². The van der Waals surface area contributed by atoms with E-state index in [1.807, 2.05) is 0 Å². The van der Waals surface area contributed by atoms with Gasteiger partial charge < -0.3 is 4.90 Å². The van der Waals surface area contributed by atoms with Crippen LogP contribution in [0.3, 0.4) is 0 Å². The summed E-state index contributed by atoms with van der Waals surface area (Å²) in [4.78, 5) is 13.3. The van der Waals surface area contributed by atoms with Crippen LogP contribution in [0.25, 0.3) is 0 Å². The number of hydrogen-bond donors (Lipinski definition) is 1. The number of hydrogen-bond acceptors (Lipinski definition) is 3. The topological polar surface area (TPSA) is 66.5 Å². The van der Waals surface area contributed by atoms with Crippen molar-refractivity contribution in [2.24, 2.45) is 5.92 Å². The second kappa shape index (κ2) is 6.70. The molecule has 2 rings (SSSR count). The number of piperidine rings is 1. The minimum Gasteiger partial charge on any atom is -0.341 e. The average Bonchev–Trinajstić information content (AvgIpc) is 2.83. The number of carbonyl (C=O) groups excluding carboxylic acids is 1. The van der Waals surface area contributed by atoms with Gasteiger partial charge in [-0.05, 0) is 31.6 Å². The minimum absolute atomic E-state index is 0.154. The smallest absolute Gasteiger partial charge is 0.222 e. The van der Waals surface area contributed by atoms with Crippen molar-refractivity contribution < 1.29 is 13.2 Å². The zero-order chi connectivity index (χ0) is 13.7. The molecule has 6 heteroatoms. The quantitative estimate of drug-likeness (QED) is 0.796. The fourth-order valence-electron chi connectivity index (χ4n) is 2.98. The molecule has 0 aromatic carbocycles. The zero-order valence-electron chi connectivity index (χ0n) is 11.4. The molecule has 0 unspecified atom stereocenters. The molecule has 110 valence electrons. The van der Waals surface area contributed by atoms with Crippen molar-refractivity contribution in [3.8, 4) is 0 Å². The minimum atomic E-state index is -3.17. The summed E-state index contributed by atoms with van der Waals surface area (Å²) in [5.41, 5.74) is 0. The van der Waals surface area contributed by atoms with Gasteiger partial charge in [0.05, 0.1) is 5.75 Å². The number of carbonyl (C=O) groups is 1. The summed E-state index contributed by atoms with van der Waals surface area (Å²) in [6, 6.07) is 0. The highest BCUT2D eigenvalue weighted by Gasteiger charge is 2.23. The summed E-state index contributed by atoms with van der Waals surface area (Å²) < 4.78 is 26.4. The first-order valence-corrected chi connectivity index (χ1v) is 8.97. The molecule has 1 saturated carbocycles. The molecule has 1 N–H and O–H groups in total. The fraction of sp³-hybridized carbons (Fsp3) is 0.923. The molecule has 1 aliphatic carbocycles. The third kappa shape index (κ3) is 4.76. The molecule has 0 aromatic heterocycles. The number of amides is 1. The zero-order valence-corrected chi connectivity index (χ0v) is 12.3. The Morgan fingerprint density at radius 2 is 1.89 bits per heavy atom. The van der Waals surface area contributed by atoms with Gasteiger partial charge >= 0.3 is 0 Å². The Bertz CT molecular complexity index is 402. The monoisotopic (exact) mass is 288 g/mol. The van der Waals surface area contributed by atoms with E-state index in [1.54, 1.807) is 4.90 Å². The lowest BCUT2D eigenvalue weighted by Crippen LogP contribution is -2.41. The molecule has 0 atom stereocenters. The highest BCUT2D eigenvalue weighted by Crippen LogP contribution is 2.25. The number of sulfonamides is 1. The molecule has 0 spiro atoms. The van der Waals surface area contributed by atoms with E-state index in [4.69, 9.17) is 0 Å². The maximum Gasteiger partial charge on any atom is 0.222 e. The Balaban J connectivity index is 1.70. The number of nitrogens with zero attached hydrogens (tertiary/aromatic N) is 1. The van der Waals surface area contributed by atoms with Crippen molar-refractivity contribution >= 4 is 15.9 Å². The third-order valence-corrected chi connectivity index (χ3v) is 5.61. The lowest BCUT2D eigenvalue weighted by molar-refractivity contribution is -0.133. The number of rotatable bonds is 6.